The third-order valence-corrected chi connectivity index (χ3v) is 7.07. The molecule has 1 N–H and O–H groups in total. The molecule has 0 aliphatic carbocycles. The van der Waals surface area contributed by atoms with Crippen LogP contribution in [0.15, 0.2) is 42.5 Å². The van der Waals surface area contributed by atoms with Gasteiger partial charge in [-0.05, 0) is 68.1 Å². The Morgan fingerprint density at radius 1 is 1.15 bits per heavy atom. The minimum atomic E-state index is -4.76. The van der Waals surface area contributed by atoms with Crippen LogP contribution < -0.4 is 14.8 Å². The quantitative estimate of drug-likeness (QED) is 0.668. The third kappa shape index (κ3) is 4.80. The van der Waals surface area contributed by atoms with Crippen molar-refractivity contribution in [3.8, 4) is 22.6 Å². The van der Waals surface area contributed by atoms with Crippen LogP contribution in [0, 0.1) is 5.92 Å². The fourth-order valence-corrected chi connectivity index (χ4v) is 5.22. The van der Waals surface area contributed by atoms with Crippen molar-refractivity contribution >= 4 is 6.09 Å². The van der Waals surface area contributed by atoms with E-state index in [-0.39, 0.29) is 11.9 Å². The van der Waals surface area contributed by atoms with E-state index in [4.69, 9.17) is 9.47 Å². The zero-order valence-corrected chi connectivity index (χ0v) is 18.9. The van der Waals surface area contributed by atoms with Gasteiger partial charge in [-0.2, -0.15) is 0 Å². The van der Waals surface area contributed by atoms with Gasteiger partial charge in [-0.25, -0.2) is 4.79 Å². The smallest absolute Gasteiger partial charge is 0.493 e. The number of benzene rings is 2. The van der Waals surface area contributed by atoms with E-state index in [1.54, 1.807) is 18.2 Å². The van der Waals surface area contributed by atoms with Crippen LogP contribution in [0.1, 0.15) is 31.7 Å². The lowest BCUT2D eigenvalue weighted by atomic mass is 9.85. The molecule has 34 heavy (non-hydrogen) atoms. The molecule has 1 amide bonds. The van der Waals surface area contributed by atoms with Crippen molar-refractivity contribution in [2.24, 2.45) is 5.92 Å². The molecule has 0 saturated carbocycles. The molecule has 2 aromatic rings. The number of hydrogen-bond donors (Lipinski definition) is 1. The van der Waals surface area contributed by atoms with Crippen LogP contribution in [-0.2, 0) is 10.3 Å². The number of alkyl halides is 3. The van der Waals surface area contributed by atoms with Gasteiger partial charge in [0.25, 0.3) is 0 Å². The molecule has 4 heterocycles. The van der Waals surface area contributed by atoms with Gasteiger partial charge in [0, 0.05) is 18.5 Å². The number of carbonyl (C=O) groups excluding carboxylic acids is 1. The maximum atomic E-state index is 12.8. The average Bonchev–Trinajstić information content (AvgIpc) is 2.78. The van der Waals surface area contributed by atoms with E-state index in [1.165, 1.54) is 18.2 Å². The number of carbonyl (C=O) groups is 1. The largest absolute Gasteiger partial charge is 0.573 e. The summed E-state index contributed by atoms with van der Waals surface area (Å²) in [6, 6.07) is 11.2. The average molecular weight is 476 g/mol. The molecule has 1 unspecified atom stereocenters. The number of piperidine rings is 3. The van der Waals surface area contributed by atoms with E-state index in [0.717, 1.165) is 38.0 Å². The van der Waals surface area contributed by atoms with Gasteiger partial charge >= 0.3 is 12.5 Å². The highest BCUT2D eigenvalue weighted by atomic mass is 19.4. The summed E-state index contributed by atoms with van der Waals surface area (Å²) in [6.45, 7) is 5.26. The number of nitrogens with one attached hydrogen (secondary N) is 1. The summed E-state index contributed by atoms with van der Waals surface area (Å²) in [5.41, 5.74) is 1.37. The number of nitrogens with zero attached hydrogens (tertiary/aromatic N) is 1. The van der Waals surface area contributed by atoms with E-state index in [0.29, 0.717) is 35.8 Å². The molecule has 0 aromatic heterocycles. The van der Waals surface area contributed by atoms with Gasteiger partial charge < -0.3 is 19.5 Å². The Morgan fingerprint density at radius 2 is 1.91 bits per heavy atom. The first-order chi connectivity index (χ1) is 16.2. The molecule has 6 nitrogen and oxygen atoms in total. The maximum absolute atomic E-state index is 12.8. The van der Waals surface area contributed by atoms with Crippen molar-refractivity contribution in [2.75, 3.05) is 26.2 Å². The predicted octanol–water partition coefficient (Wildman–Crippen LogP) is 5.07. The predicted molar refractivity (Wildman–Crippen MR) is 119 cm³/mol. The Bertz CT molecular complexity index is 1070. The van der Waals surface area contributed by atoms with Crippen molar-refractivity contribution < 1.29 is 32.2 Å². The number of halogens is 3. The molecule has 2 bridgehead atoms. The summed E-state index contributed by atoms with van der Waals surface area (Å²) in [7, 11) is 0. The molecule has 182 valence electrons. The fourth-order valence-electron chi connectivity index (χ4n) is 5.22. The van der Waals surface area contributed by atoms with Crippen LogP contribution in [0.4, 0.5) is 18.0 Å². The van der Waals surface area contributed by atoms with Gasteiger partial charge in [0.05, 0.1) is 12.1 Å². The van der Waals surface area contributed by atoms with Crippen molar-refractivity contribution in [1.82, 2.24) is 10.2 Å². The molecule has 0 spiro atoms. The first-order valence-corrected chi connectivity index (χ1v) is 11.5. The Morgan fingerprint density at radius 3 is 2.62 bits per heavy atom. The summed E-state index contributed by atoms with van der Waals surface area (Å²) in [6.07, 6.45) is -2.58. The van der Waals surface area contributed by atoms with E-state index in [2.05, 4.69) is 15.0 Å². The van der Waals surface area contributed by atoms with Gasteiger partial charge in [0.15, 0.2) is 0 Å². The van der Waals surface area contributed by atoms with Crippen LogP contribution >= 0.6 is 0 Å². The zero-order chi connectivity index (χ0) is 23.9. The van der Waals surface area contributed by atoms with Crippen LogP contribution in [0.25, 0.3) is 11.1 Å². The first kappa shape index (κ1) is 22.8. The second-order valence-corrected chi connectivity index (χ2v) is 9.42. The number of amides is 1. The summed E-state index contributed by atoms with van der Waals surface area (Å²) in [5.74, 6) is 0.715. The SMILES string of the molecule is CC1(NC(=O)O[C@@H]2CN3CCC2CC3)CCOc2cc(-c3cccc(OC(F)(F)F)c3)ccc21. The number of hydrogen-bond acceptors (Lipinski definition) is 5. The molecule has 2 aromatic carbocycles. The van der Waals surface area contributed by atoms with Crippen molar-refractivity contribution in [1.29, 1.82) is 0 Å². The van der Waals surface area contributed by atoms with Crippen LogP contribution in [0.5, 0.6) is 11.5 Å². The molecular weight excluding hydrogens is 449 g/mol. The Balaban J connectivity index is 1.32. The lowest BCUT2D eigenvalue weighted by molar-refractivity contribution is -0.274. The minimum absolute atomic E-state index is 0.0843. The third-order valence-electron chi connectivity index (χ3n) is 7.07. The van der Waals surface area contributed by atoms with E-state index >= 15 is 0 Å². The monoisotopic (exact) mass is 476 g/mol. The number of ether oxygens (including phenoxy) is 3. The summed E-state index contributed by atoms with van der Waals surface area (Å²) in [4.78, 5) is 15.1. The highest BCUT2D eigenvalue weighted by molar-refractivity contribution is 5.71. The van der Waals surface area contributed by atoms with Gasteiger partial charge in [0.2, 0.25) is 0 Å². The Kier molecular flexibility index (Phi) is 5.83. The summed E-state index contributed by atoms with van der Waals surface area (Å²) >= 11 is 0. The molecule has 4 aliphatic rings. The molecular formula is C25H27F3N2O4. The topological polar surface area (TPSA) is 60.0 Å². The molecule has 3 saturated heterocycles. The molecule has 6 rings (SSSR count). The van der Waals surface area contributed by atoms with Crippen LogP contribution in [0.3, 0.4) is 0 Å². The van der Waals surface area contributed by atoms with Crippen LogP contribution in [0.2, 0.25) is 0 Å². The highest BCUT2D eigenvalue weighted by Crippen LogP contribution is 2.40. The molecule has 3 fully saturated rings. The second kappa shape index (κ2) is 8.69. The van der Waals surface area contributed by atoms with Gasteiger partial charge in [0.1, 0.15) is 17.6 Å². The number of rotatable bonds is 4. The van der Waals surface area contributed by atoms with Crippen molar-refractivity contribution in [2.45, 2.75) is 44.2 Å². The van der Waals surface area contributed by atoms with Gasteiger partial charge in [-0.3, -0.25) is 4.90 Å². The summed E-state index contributed by atoms with van der Waals surface area (Å²) < 4.78 is 53.5. The van der Waals surface area contributed by atoms with E-state index in [1.807, 2.05) is 13.0 Å². The summed E-state index contributed by atoms with van der Waals surface area (Å²) in [5, 5.41) is 3.05. The van der Waals surface area contributed by atoms with Gasteiger partial charge in [-0.15, -0.1) is 13.2 Å². The number of alkyl carbamates (subject to hydrolysis) is 1. The fraction of sp³-hybridized carbons (Fsp3) is 0.480. The maximum Gasteiger partial charge on any atom is 0.573 e. The minimum Gasteiger partial charge on any atom is -0.493 e. The molecule has 2 atom stereocenters. The second-order valence-electron chi connectivity index (χ2n) is 9.42. The molecule has 0 radical (unpaired) electrons. The highest BCUT2D eigenvalue weighted by Gasteiger charge is 2.39. The van der Waals surface area contributed by atoms with E-state index < -0.39 is 18.0 Å². The van der Waals surface area contributed by atoms with Crippen molar-refractivity contribution in [3.05, 3.63) is 48.0 Å². The van der Waals surface area contributed by atoms with E-state index in [9.17, 15) is 18.0 Å². The van der Waals surface area contributed by atoms with Gasteiger partial charge in [-0.1, -0.05) is 24.3 Å². The molecule has 4 aliphatic heterocycles. The zero-order valence-electron chi connectivity index (χ0n) is 18.9. The lowest BCUT2D eigenvalue weighted by Crippen LogP contribution is -2.54. The van der Waals surface area contributed by atoms with Crippen molar-refractivity contribution in [3.63, 3.8) is 0 Å². The molecule has 9 heteroatoms. The lowest BCUT2D eigenvalue weighted by Gasteiger charge is -2.44. The Labute approximate surface area is 196 Å². The normalized spacial score (nSPS) is 27.9. The van der Waals surface area contributed by atoms with Crippen LogP contribution in [-0.4, -0.2) is 49.7 Å². The standard InChI is InChI=1S/C25H27F3N2O4/c1-24(29-23(31)33-22-15-30-10-7-16(22)8-11-30)9-12-32-21-14-18(5-6-20(21)24)17-3-2-4-19(13-17)34-25(26,27)28/h2-6,13-14,16,22H,7-12,15H2,1H3,(H,29,31)/t22-,24?/m1/s1. The first-order valence-electron chi connectivity index (χ1n) is 11.5. The number of fused-ring (bicyclic) bond motifs is 4. The Hall–Kier alpha value is -2.94.